The van der Waals surface area contributed by atoms with Crippen LogP contribution in [0.25, 0.3) is 0 Å². The topological polar surface area (TPSA) is 55.6 Å². The van der Waals surface area contributed by atoms with Gasteiger partial charge >= 0.3 is 5.97 Å². The molecule has 4 nitrogen and oxygen atoms in total. The number of nitrogen functional groups attached to an aromatic ring is 1. The highest BCUT2D eigenvalue weighted by Gasteiger charge is 2.18. The Kier molecular flexibility index (Phi) is 4.80. The summed E-state index contributed by atoms with van der Waals surface area (Å²) in [7, 11) is 0. The van der Waals surface area contributed by atoms with Gasteiger partial charge in [0.15, 0.2) is 0 Å². The fourth-order valence-electron chi connectivity index (χ4n) is 2.33. The number of hydrogen-bond acceptors (Lipinski definition) is 4. The molecule has 0 radical (unpaired) electrons. The van der Waals surface area contributed by atoms with Crippen LogP contribution < -0.4 is 5.73 Å². The fraction of sp³-hybridized carbons (Fsp3) is 0.533. The Hall–Kier alpha value is -1.55. The van der Waals surface area contributed by atoms with Crippen molar-refractivity contribution < 1.29 is 9.53 Å². The molecule has 0 spiro atoms. The summed E-state index contributed by atoms with van der Waals surface area (Å²) in [6.45, 7) is 4.67. The minimum atomic E-state index is -0.124. The summed E-state index contributed by atoms with van der Waals surface area (Å²) in [4.78, 5) is 13.8. The Labute approximate surface area is 114 Å². The molecule has 104 valence electrons. The molecule has 0 aromatic heterocycles. The van der Waals surface area contributed by atoms with Crippen molar-refractivity contribution in [3.63, 3.8) is 0 Å². The van der Waals surface area contributed by atoms with Gasteiger partial charge in [0.2, 0.25) is 0 Å². The van der Waals surface area contributed by atoms with Crippen LogP contribution >= 0.6 is 0 Å². The maximum absolute atomic E-state index is 11.7. The maximum Gasteiger partial charge on any atom is 0.320 e. The monoisotopic (exact) mass is 262 g/mol. The fourth-order valence-corrected chi connectivity index (χ4v) is 2.33. The summed E-state index contributed by atoms with van der Waals surface area (Å²) < 4.78 is 5.19. The molecule has 1 aliphatic rings. The van der Waals surface area contributed by atoms with Crippen molar-refractivity contribution in [3.8, 4) is 0 Å². The van der Waals surface area contributed by atoms with Gasteiger partial charge in [-0.1, -0.05) is 19.4 Å². The molecule has 2 rings (SSSR count). The molecule has 1 aromatic carbocycles. The zero-order valence-electron chi connectivity index (χ0n) is 11.5. The standard InChI is InChI=1S/C15H22N2O2/c1-2-3-8-19-15(18)11-17-7-6-12-4-5-14(16)9-13(12)10-17/h4-5,9H,2-3,6-8,10-11,16H2,1H3. The third-order valence-corrected chi connectivity index (χ3v) is 3.44. The number of benzene rings is 1. The van der Waals surface area contributed by atoms with Crippen molar-refractivity contribution in [3.05, 3.63) is 29.3 Å². The van der Waals surface area contributed by atoms with Gasteiger partial charge in [-0.2, -0.15) is 0 Å². The summed E-state index contributed by atoms with van der Waals surface area (Å²) in [6.07, 6.45) is 2.95. The zero-order chi connectivity index (χ0) is 13.7. The average molecular weight is 262 g/mol. The minimum absolute atomic E-state index is 0.124. The Bertz CT molecular complexity index is 446. The van der Waals surface area contributed by atoms with Crippen LogP contribution in [0.3, 0.4) is 0 Å². The smallest absolute Gasteiger partial charge is 0.320 e. The second-order valence-corrected chi connectivity index (χ2v) is 5.06. The number of unbranched alkanes of at least 4 members (excludes halogenated alkanes) is 1. The summed E-state index contributed by atoms with van der Waals surface area (Å²) in [5, 5.41) is 0. The van der Waals surface area contributed by atoms with Gasteiger partial charge in [0.1, 0.15) is 0 Å². The van der Waals surface area contributed by atoms with Crippen LogP contribution in [-0.2, 0) is 22.5 Å². The normalized spacial score (nSPS) is 15.0. The van der Waals surface area contributed by atoms with Crippen molar-refractivity contribution in [2.75, 3.05) is 25.4 Å². The highest BCUT2D eigenvalue weighted by molar-refractivity contribution is 5.71. The molecule has 19 heavy (non-hydrogen) atoms. The number of carbonyl (C=O) groups excluding carboxylic acids is 1. The molecule has 0 fully saturated rings. The molecular weight excluding hydrogens is 240 g/mol. The van der Waals surface area contributed by atoms with E-state index in [-0.39, 0.29) is 5.97 Å². The Morgan fingerprint density at radius 2 is 2.26 bits per heavy atom. The first kappa shape index (κ1) is 13.9. The third-order valence-electron chi connectivity index (χ3n) is 3.44. The Morgan fingerprint density at radius 3 is 3.05 bits per heavy atom. The van der Waals surface area contributed by atoms with Crippen molar-refractivity contribution in [1.82, 2.24) is 4.90 Å². The van der Waals surface area contributed by atoms with Crippen molar-refractivity contribution in [1.29, 1.82) is 0 Å². The van der Waals surface area contributed by atoms with E-state index >= 15 is 0 Å². The zero-order valence-corrected chi connectivity index (χ0v) is 11.5. The molecule has 1 aliphatic heterocycles. The van der Waals surface area contributed by atoms with Crippen LogP contribution in [0.2, 0.25) is 0 Å². The number of nitrogens with two attached hydrogens (primary N) is 1. The summed E-state index contributed by atoms with van der Waals surface area (Å²) in [5.74, 6) is -0.124. The highest BCUT2D eigenvalue weighted by Crippen LogP contribution is 2.21. The van der Waals surface area contributed by atoms with Crippen LogP contribution in [0.15, 0.2) is 18.2 Å². The summed E-state index contributed by atoms with van der Waals surface area (Å²) in [5.41, 5.74) is 9.15. The van der Waals surface area contributed by atoms with Crippen LogP contribution in [-0.4, -0.2) is 30.6 Å². The lowest BCUT2D eigenvalue weighted by atomic mass is 9.99. The molecule has 1 aromatic rings. The Balaban J connectivity index is 1.86. The van der Waals surface area contributed by atoms with Crippen LogP contribution in [0, 0.1) is 0 Å². The quantitative estimate of drug-likeness (QED) is 0.501. The molecule has 2 N–H and O–H groups in total. The predicted molar refractivity (Wildman–Crippen MR) is 75.7 cm³/mol. The van der Waals surface area contributed by atoms with E-state index in [1.807, 2.05) is 12.1 Å². The van der Waals surface area contributed by atoms with Gasteiger partial charge in [-0.3, -0.25) is 9.69 Å². The summed E-state index contributed by atoms with van der Waals surface area (Å²) in [6, 6.07) is 6.03. The number of fused-ring (bicyclic) bond motifs is 1. The largest absolute Gasteiger partial charge is 0.465 e. The van der Waals surface area contributed by atoms with Crippen molar-refractivity contribution in [2.24, 2.45) is 0 Å². The molecular formula is C15H22N2O2. The Morgan fingerprint density at radius 1 is 1.42 bits per heavy atom. The van der Waals surface area contributed by atoms with Gasteiger partial charge in [0.25, 0.3) is 0 Å². The molecule has 0 aliphatic carbocycles. The second kappa shape index (κ2) is 6.57. The van der Waals surface area contributed by atoms with E-state index in [2.05, 4.69) is 17.9 Å². The minimum Gasteiger partial charge on any atom is -0.465 e. The maximum atomic E-state index is 11.7. The number of hydrogen-bond donors (Lipinski definition) is 1. The number of rotatable bonds is 5. The van der Waals surface area contributed by atoms with E-state index in [0.29, 0.717) is 13.2 Å². The lowest BCUT2D eigenvalue weighted by Gasteiger charge is -2.28. The molecule has 1 heterocycles. The highest BCUT2D eigenvalue weighted by atomic mass is 16.5. The molecule has 0 saturated carbocycles. The van der Waals surface area contributed by atoms with E-state index in [4.69, 9.17) is 10.5 Å². The predicted octanol–water partition coefficient (Wildman–Crippen LogP) is 1.97. The SMILES string of the molecule is CCCCOC(=O)CN1CCc2ccc(N)cc2C1. The van der Waals surface area contributed by atoms with Gasteiger partial charge in [-0.15, -0.1) is 0 Å². The van der Waals surface area contributed by atoms with Crippen LogP contribution in [0.5, 0.6) is 0 Å². The number of anilines is 1. The average Bonchev–Trinajstić information content (AvgIpc) is 2.38. The summed E-state index contributed by atoms with van der Waals surface area (Å²) >= 11 is 0. The number of carbonyl (C=O) groups is 1. The van der Waals surface area contributed by atoms with Crippen molar-refractivity contribution >= 4 is 11.7 Å². The second-order valence-electron chi connectivity index (χ2n) is 5.06. The number of nitrogens with zero attached hydrogens (tertiary/aromatic N) is 1. The lowest BCUT2D eigenvalue weighted by molar-refractivity contribution is -0.145. The molecule has 4 heteroatoms. The third kappa shape index (κ3) is 3.96. The van der Waals surface area contributed by atoms with Gasteiger partial charge in [0, 0.05) is 18.8 Å². The molecule has 0 atom stereocenters. The van der Waals surface area contributed by atoms with Gasteiger partial charge < -0.3 is 10.5 Å². The van der Waals surface area contributed by atoms with Gasteiger partial charge in [-0.25, -0.2) is 0 Å². The molecule has 0 bridgehead atoms. The lowest BCUT2D eigenvalue weighted by Crippen LogP contribution is -2.35. The van der Waals surface area contributed by atoms with Crippen LogP contribution in [0.4, 0.5) is 5.69 Å². The van der Waals surface area contributed by atoms with E-state index in [1.165, 1.54) is 11.1 Å². The van der Waals surface area contributed by atoms with Crippen LogP contribution in [0.1, 0.15) is 30.9 Å². The molecule has 0 saturated heterocycles. The first-order valence-electron chi connectivity index (χ1n) is 6.94. The first-order valence-corrected chi connectivity index (χ1v) is 6.94. The first-order chi connectivity index (χ1) is 9.19. The van der Waals surface area contributed by atoms with Gasteiger partial charge in [-0.05, 0) is 36.1 Å². The number of ether oxygens (including phenoxy) is 1. The van der Waals surface area contributed by atoms with E-state index in [1.54, 1.807) is 0 Å². The molecule has 0 amide bonds. The van der Waals surface area contributed by atoms with Crippen molar-refractivity contribution in [2.45, 2.75) is 32.7 Å². The molecule has 0 unspecified atom stereocenters. The van der Waals surface area contributed by atoms with Gasteiger partial charge in [0.05, 0.1) is 13.2 Å². The van der Waals surface area contributed by atoms with E-state index < -0.39 is 0 Å². The number of esters is 1. The van der Waals surface area contributed by atoms with E-state index in [0.717, 1.165) is 38.0 Å². The van der Waals surface area contributed by atoms with E-state index in [9.17, 15) is 4.79 Å².